The molecule has 0 bridgehead atoms. The van der Waals surface area contributed by atoms with Crippen molar-refractivity contribution in [2.75, 3.05) is 19.7 Å². The number of aromatic hydroxyl groups is 1. The second kappa shape index (κ2) is 4.89. The van der Waals surface area contributed by atoms with Gasteiger partial charge in [-0.05, 0) is 31.2 Å². The molecule has 1 aliphatic rings. The Hall–Kier alpha value is -2.08. The molecule has 0 aliphatic carbocycles. The van der Waals surface area contributed by atoms with Crippen LogP contribution in [0.4, 0.5) is 0 Å². The molecule has 1 amide bonds. The van der Waals surface area contributed by atoms with Crippen molar-refractivity contribution in [1.29, 1.82) is 0 Å². The van der Waals surface area contributed by atoms with Crippen molar-refractivity contribution in [2.24, 2.45) is 0 Å². The minimum absolute atomic E-state index is 0.106. The first-order valence-electron chi connectivity index (χ1n) is 5.84. The number of likely N-dealkylation sites (tertiary alicyclic amines) is 1. The van der Waals surface area contributed by atoms with Crippen molar-refractivity contribution >= 4 is 11.9 Å². The largest absolute Gasteiger partial charge is 0.508 e. The quantitative estimate of drug-likeness (QED) is 0.837. The summed E-state index contributed by atoms with van der Waals surface area (Å²) in [6.45, 7) is 2.13. The van der Waals surface area contributed by atoms with Crippen LogP contribution in [0, 0.1) is 0 Å². The molecule has 102 valence electrons. The van der Waals surface area contributed by atoms with Crippen LogP contribution in [0.1, 0.15) is 17.3 Å². The highest BCUT2D eigenvalue weighted by Crippen LogP contribution is 2.26. The average Bonchev–Trinajstić information content (AvgIpc) is 2.33. The number of phenols is 1. The van der Waals surface area contributed by atoms with E-state index >= 15 is 0 Å². The third kappa shape index (κ3) is 3.03. The van der Waals surface area contributed by atoms with E-state index in [4.69, 9.17) is 14.9 Å². The second-order valence-electron chi connectivity index (χ2n) is 4.84. The van der Waals surface area contributed by atoms with Crippen LogP contribution in [0.3, 0.4) is 0 Å². The number of phenolic OH excluding ortho intramolecular Hbond substituents is 1. The number of ether oxygens (including phenoxy) is 1. The van der Waals surface area contributed by atoms with Gasteiger partial charge in [-0.25, -0.2) is 4.79 Å². The molecule has 6 heteroatoms. The highest BCUT2D eigenvalue weighted by molar-refractivity contribution is 5.95. The summed E-state index contributed by atoms with van der Waals surface area (Å²) in [5.74, 6) is -1.07. The van der Waals surface area contributed by atoms with Gasteiger partial charge in [0.25, 0.3) is 5.91 Å². The Labute approximate surface area is 110 Å². The Kier molecular flexibility index (Phi) is 3.44. The number of amides is 1. The van der Waals surface area contributed by atoms with E-state index < -0.39 is 11.6 Å². The number of nitrogens with zero attached hydrogens (tertiary/aromatic N) is 1. The summed E-state index contributed by atoms with van der Waals surface area (Å²) in [7, 11) is 0. The molecule has 2 N–H and O–H groups in total. The zero-order valence-electron chi connectivity index (χ0n) is 10.5. The average molecular weight is 265 g/mol. The standard InChI is InChI=1S/C13H15NO5/c1-13(19-6-11(16)17)7-14(8-13)12(18)9-2-4-10(15)5-3-9/h2-5,15H,6-8H2,1H3,(H,16,17). The van der Waals surface area contributed by atoms with Crippen LogP contribution in [-0.2, 0) is 9.53 Å². The molecule has 1 aliphatic heterocycles. The van der Waals surface area contributed by atoms with Crippen LogP contribution in [0.15, 0.2) is 24.3 Å². The monoisotopic (exact) mass is 265 g/mol. The number of hydrogen-bond donors (Lipinski definition) is 2. The van der Waals surface area contributed by atoms with Gasteiger partial charge in [0.05, 0.1) is 13.1 Å². The summed E-state index contributed by atoms with van der Waals surface area (Å²) in [6.07, 6.45) is 0. The predicted molar refractivity (Wildman–Crippen MR) is 66.0 cm³/mol. The van der Waals surface area contributed by atoms with Crippen LogP contribution >= 0.6 is 0 Å². The first-order chi connectivity index (χ1) is 8.89. The van der Waals surface area contributed by atoms with Crippen molar-refractivity contribution in [2.45, 2.75) is 12.5 Å². The lowest BCUT2D eigenvalue weighted by molar-refractivity contribution is -0.159. The molecule has 0 saturated carbocycles. The minimum atomic E-state index is -1.02. The lowest BCUT2D eigenvalue weighted by Gasteiger charge is -2.47. The van der Waals surface area contributed by atoms with E-state index in [2.05, 4.69) is 0 Å². The Morgan fingerprint density at radius 1 is 1.32 bits per heavy atom. The van der Waals surface area contributed by atoms with E-state index in [0.29, 0.717) is 18.7 Å². The van der Waals surface area contributed by atoms with Gasteiger partial charge < -0.3 is 19.8 Å². The third-order valence-corrected chi connectivity index (χ3v) is 3.00. The van der Waals surface area contributed by atoms with E-state index in [-0.39, 0.29) is 18.3 Å². The van der Waals surface area contributed by atoms with E-state index in [1.165, 1.54) is 12.1 Å². The first-order valence-corrected chi connectivity index (χ1v) is 5.84. The molecular weight excluding hydrogens is 250 g/mol. The number of carbonyl (C=O) groups is 2. The van der Waals surface area contributed by atoms with Gasteiger partial charge in [-0.2, -0.15) is 0 Å². The van der Waals surface area contributed by atoms with Crippen LogP contribution < -0.4 is 0 Å². The highest BCUT2D eigenvalue weighted by atomic mass is 16.5. The van der Waals surface area contributed by atoms with Gasteiger partial charge in [-0.1, -0.05) is 0 Å². The van der Waals surface area contributed by atoms with Crippen molar-refractivity contribution in [1.82, 2.24) is 4.90 Å². The van der Waals surface area contributed by atoms with Gasteiger partial charge in [-0.15, -0.1) is 0 Å². The summed E-state index contributed by atoms with van der Waals surface area (Å²) in [5, 5.41) is 17.7. The smallest absolute Gasteiger partial charge is 0.329 e. The molecule has 1 aromatic carbocycles. The van der Waals surface area contributed by atoms with Crippen LogP contribution in [0.2, 0.25) is 0 Å². The summed E-state index contributed by atoms with van der Waals surface area (Å²) in [6, 6.07) is 6.00. The van der Waals surface area contributed by atoms with E-state index in [1.54, 1.807) is 24.0 Å². The van der Waals surface area contributed by atoms with Crippen molar-refractivity contribution in [3.63, 3.8) is 0 Å². The molecule has 0 radical (unpaired) electrons. The number of rotatable bonds is 4. The molecule has 0 aromatic heterocycles. The van der Waals surface area contributed by atoms with E-state index in [1.807, 2.05) is 0 Å². The highest BCUT2D eigenvalue weighted by Gasteiger charge is 2.42. The molecule has 19 heavy (non-hydrogen) atoms. The number of carboxylic acid groups (broad SMARTS) is 1. The van der Waals surface area contributed by atoms with Gasteiger partial charge in [-0.3, -0.25) is 4.79 Å². The summed E-state index contributed by atoms with van der Waals surface area (Å²) in [5.41, 5.74) is -0.108. The first kappa shape index (κ1) is 13.4. The molecule has 0 spiro atoms. The maximum atomic E-state index is 12.0. The van der Waals surface area contributed by atoms with Gasteiger partial charge >= 0.3 is 5.97 Å². The number of benzene rings is 1. The number of aliphatic carboxylic acids is 1. The molecule has 0 atom stereocenters. The Bertz CT molecular complexity index is 490. The van der Waals surface area contributed by atoms with Crippen molar-refractivity contribution in [3.05, 3.63) is 29.8 Å². The molecule has 1 fully saturated rings. The predicted octanol–water partition coefficient (Wildman–Crippen LogP) is 0.708. The number of hydrogen-bond acceptors (Lipinski definition) is 4. The normalized spacial score (nSPS) is 16.8. The molecule has 1 saturated heterocycles. The Balaban J connectivity index is 1.91. The zero-order valence-corrected chi connectivity index (χ0v) is 10.5. The molecule has 2 rings (SSSR count). The third-order valence-electron chi connectivity index (χ3n) is 3.00. The van der Waals surface area contributed by atoms with E-state index in [9.17, 15) is 9.59 Å². The molecule has 1 aromatic rings. The Morgan fingerprint density at radius 2 is 1.89 bits per heavy atom. The summed E-state index contributed by atoms with van der Waals surface area (Å²) >= 11 is 0. The van der Waals surface area contributed by atoms with Gasteiger partial charge in [0.15, 0.2) is 0 Å². The van der Waals surface area contributed by atoms with Gasteiger partial charge in [0.1, 0.15) is 18.0 Å². The summed E-state index contributed by atoms with van der Waals surface area (Å²) in [4.78, 5) is 24.0. The summed E-state index contributed by atoms with van der Waals surface area (Å²) < 4.78 is 5.23. The molecule has 0 unspecified atom stereocenters. The molecule has 6 nitrogen and oxygen atoms in total. The minimum Gasteiger partial charge on any atom is -0.508 e. The maximum absolute atomic E-state index is 12.0. The second-order valence-corrected chi connectivity index (χ2v) is 4.84. The number of carboxylic acids is 1. The van der Waals surface area contributed by atoms with Crippen molar-refractivity contribution in [3.8, 4) is 5.75 Å². The SMILES string of the molecule is CC1(OCC(=O)O)CN(C(=O)c2ccc(O)cc2)C1. The number of carbonyl (C=O) groups excluding carboxylic acids is 1. The van der Waals surface area contributed by atoms with Gasteiger partial charge in [0.2, 0.25) is 0 Å². The fraction of sp³-hybridized carbons (Fsp3) is 0.385. The molecular formula is C13H15NO5. The van der Waals surface area contributed by atoms with Crippen molar-refractivity contribution < 1.29 is 24.5 Å². The maximum Gasteiger partial charge on any atom is 0.329 e. The fourth-order valence-electron chi connectivity index (χ4n) is 2.02. The van der Waals surface area contributed by atoms with Crippen LogP contribution in [-0.4, -0.2) is 52.3 Å². The lowest BCUT2D eigenvalue weighted by atomic mass is 9.95. The zero-order chi connectivity index (χ0) is 14.0. The van der Waals surface area contributed by atoms with E-state index in [0.717, 1.165) is 0 Å². The molecule has 1 heterocycles. The Morgan fingerprint density at radius 3 is 2.42 bits per heavy atom. The van der Waals surface area contributed by atoms with Crippen LogP contribution in [0.5, 0.6) is 5.75 Å². The lowest BCUT2D eigenvalue weighted by Crippen LogP contribution is -2.63. The van der Waals surface area contributed by atoms with Gasteiger partial charge in [0, 0.05) is 5.56 Å². The van der Waals surface area contributed by atoms with Crippen LogP contribution in [0.25, 0.3) is 0 Å². The fourth-order valence-corrected chi connectivity index (χ4v) is 2.02. The topological polar surface area (TPSA) is 87.1 Å².